The number of benzene rings is 2. The summed E-state index contributed by atoms with van der Waals surface area (Å²) < 4.78 is 29.1. The van der Waals surface area contributed by atoms with E-state index in [2.05, 4.69) is 10.3 Å². The van der Waals surface area contributed by atoms with Gasteiger partial charge < -0.3 is 0 Å². The lowest BCUT2D eigenvalue weighted by atomic mass is 10.2. The maximum Gasteiger partial charge on any atom is 0.243 e. The molecule has 1 aliphatic rings. The van der Waals surface area contributed by atoms with Gasteiger partial charge in [0.05, 0.1) is 17.1 Å². The van der Waals surface area contributed by atoms with E-state index in [9.17, 15) is 13.2 Å². The van der Waals surface area contributed by atoms with Crippen LogP contribution >= 0.6 is 0 Å². The molecule has 1 aliphatic heterocycles. The monoisotopic (exact) mass is 396 g/mol. The second-order valence-electron chi connectivity index (χ2n) is 6.84. The summed E-state index contributed by atoms with van der Waals surface area (Å²) in [5, 5.41) is 8.42. The quantitative estimate of drug-likeness (QED) is 0.619. The summed E-state index contributed by atoms with van der Waals surface area (Å²) in [5.74, 6) is -0.160. The van der Waals surface area contributed by atoms with Gasteiger partial charge in [-0.2, -0.15) is 4.31 Å². The Morgan fingerprint density at radius 1 is 1.11 bits per heavy atom. The number of hydrogen-bond acceptors (Lipinski definition) is 5. The SMILES string of the molecule is CC(=O)c1cccc(S(=O)(=O)N2CC[C@@H](n3cc(-c4ccccc4)nn3)C2)c1. The Morgan fingerprint density at radius 2 is 1.89 bits per heavy atom. The topological polar surface area (TPSA) is 85.2 Å². The van der Waals surface area contributed by atoms with Crippen LogP contribution < -0.4 is 0 Å². The Bertz CT molecular complexity index is 1110. The summed E-state index contributed by atoms with van der Waals surface area (Å²) in [4.78, 5) is 11.7. The first-order valence-electron chi connectivity index (χ1n) is 9.03. The summed E-state index contributed by atoms with van der Waals surface area (Å²) >= 11 is 0. The molecule has 4 rings (SSSR count). The van der Waals surface area contributed by atoms with Crippen LogP contribution in [0.2, 0.25) is 0 Å². The highest BCUT2D eigenvalue weighted by atomic mass is 32.2. The summed E-state index contributed by atoms with van der Waals surface area (Å²) in [6, 6.07) is 15.8. The lowest BCUT2D eigenvalue weighted by molar-refractivity contribution is 0.101. The van der Waals surface area contributed by atoms with Crippen LogP contribution in [0.3, 0.4) is 0 Å². The smallest absolute Gasteiger partial charge is 0.243 e. The van der Waals surface area contributed by atoms with Gasteiger partial charge in [0.15, 0.2) is 5.78 Å². The van der Waals surface area contributed by atoms with Crippen molar-refractivity contribution in [3.8, 4) is 11.3 Å². The molecule has 0 saturated carbocycles. The van der Waals surface area contributed by atoms with Crippen molar-refractivity contribution in [2.24, 2.45) is 0 Å². The highest BCUT2D eigenvalue weighted by molar-refractivity contribution is 7.89. The van der Waals surface area contributed by atoms with Gasteiger partial charge >= 0.3 is 0 Å². The third-order valence-electron chi connectivity index (χ3n) is 4.96. The maximum atomic E-state index is 13.0. The van der Waals surface area contributed by atoms with E-state index in [1.807, 2.05) is 36.5 Å². The Labute approximate surface area is 163 Å². The standard InChI is InChI=1S/C20H20N4O3S/c1-15(25)17-8-5-9-19(12-17)28(26,27)23-11-10-18(13-23)24-14-20(21-22-24)16-6-3-2-4-7-16/h2-9,12,14,18H,10-11,13H2,1H3/t18-/m1/s1. The van der Waals surface area contributed by atoms with Crippen LogP contribution in [-0.4, -0.2) is 46.6 Å². The molecule has 1 atom stereocenters. The lowest BCUT2D eigenvalue weighted by Crippen LogP contribution is -2.29. The van der Waals surface area contributed by atoms with Gasteiger partial charge in [-0.1, -0.05) is 47.7 Å². The molecular weight excluding hydrogens is 376 g/mol. The zero-order valence-corrected chi connectivity index (χ0v) is 16.2. The molecular formula is C20H20N4O3S. The number of nitrogens with zero attached hydrogens (tertiary/aromatic N) is 4. The fourth-order valence-corrected chi connectivity index (χ4v) is 4.90. The Hall–Kier alpha value is -2.84. The van der Waals surface area contributed by atoms with Crippen molar-refractivity contribution < 1.29 is 13.2 Å². The molecule has 7 nitrogen and oxygen atoms in total. The molecule has 28 heavy (non-hydrogen) atoms. The number of carbonyl (C=O) groups is 1. The van der Waals surface area contributed by atoms with Crippen LogP contribution in [0, 0.1) is 0 Å². The summed E-state index contributed by atoms with van der Waals surface area (Å²) in [6.45, 7) is 2.15. The zero-order chi connectivity index (χ0) is 19.7. The third-order valence-corrected chi connectivity index (χ3v) is 6.82. The van der Waals surface area contributed by atoms with E-state index in [0.29, 0.717) is 25.1 Å². The highest BCUT2D eigenvalue weighted by Crippen LogP contribution is 2.28. The molecule has 0 unspecified atom stereocenters. The van der Waals surface area contributed by atoms with Crippen molar-refractivity contribution in [3.05, 3.63) is 66.4 Å². The molecule has 0 N–H and O–H groups in total. The van der Waals surface area contributed by atoms with E-state index in [-0.39, 0.29) is 16.7 Å². The second kappa shape index (κ2) is 7.29. The predicted octanol–water partition coefficient (Wildman–Crippen LogP) is 2.78. The highest BCUT2D eigenvalue weighted by Gasteiger charge is 2.34. The Kier molecular flexibility index (Phi) is 4.82. The molecule has 1 aromatic heterocycles. The minimum absolute atomic E-state index is 0.0734. The third kappa shape index (κ3) is 3.48. The number of ketones is 1. The van der Waals surface area contributed by atoms with E-state index in [4.69, 9.17) is 0 Å². The number of sulfonamides is 1. The molecule has 0 aliphatic carbocycles. The predicted molar refractivity (Wildman–Crippen MR) is 104 cm³/mol. The molecule has 0 spiro atoms. The summed E-state index contributed by atoms with van der Waals surface area (Å²) in [6.07, 6.45) is 2.51. The van der Waals surface area contributed by atoms with Crippen molar-refractivity contribution >= 4 is 15.8 Å². The first kappa shape index (κ1) is 18.5. The van der Waals surface area contributed by atoms with E-state index < -0.39 is 10.0 Å². The molecule has 8 heteroatoms. The Morgan fingerprint density at radius 3 is 2.64 bits per heavy atom. The van der Waals surface area contributed by atoms with E-state index in [0.717, 1.165) is 11.3 Å². The molecule has 0 amide bonds. The van der Waals surface area contributed by atoms with Crippen molar-refractivity contribution in [2.75, 3.05) is 13.1 Å². The van der Waals surface area contributed by atoms with E-state index in [1.165, 1.54) is 23.4 Å². The molecule has 1 fully saturated rings. The molecule has 144 valence electrons. The molecule has 2 aromatic carbocycles. The van der Waals surface area contributed by atoms with Crippen LogP contribution in [0.15, 0.2) is 65.7 Å². The van der Waals surface area contributed by atoms with Gasteiger partial charge in [-0.25, -0.2) is 13.1 Å². The van der Waals surface area contributed by atoms with Crippen molar-refractivity contribution in [1.82, 2.24) is 19.3 Å². The van der Waals surface area contributed by atoms with Crippen LogP contribution in [-0.2, 0) is 10.0 Å². The molecule has 1 saturated heterocycles. The normalized spacial score (nSPS) is 17.7. The molecule has 0 bridgehead atoms. The Balaban J connectivity index is 1.53. The van der Waals surface area contributed by atoms with Crippen molar-refractivity contribution in [2.45, 2.75) is 24.3 Å². The largest absolute Gasteiger partial charge is 0.295 e. The number of hydrogen-bond donors (Lipinski definition) is 0. The van der Waals surface area contributed by atoms with Gasteiger partial charge in [0.1, 0.15) is 5.69 Å². The van der Waals surface area contributed by atoms with Crippen LogP contribution in [0.5, 0.6) is 0 Å². The minimum Gasteiger partial charge on any atom is -0.295 e. The van der Waals surface area contributed by atoms with Gasteiger partial charge in [-0.05, 0) is 25.5 Å². The van der Waals surface area contributed by atoms with Gasteiger partial charge in [0.2, 0.25) is 10.0 Å². The molecule has 2 heterocycles. The number of Topliss-reactive ketones (excluding diaryl/α,β-unsaturated/α-hetero) is 1. The maximum absolute atomic E-state index is 13.0. The van der Waals surface area contributed by atoms with Crippen LogP contribution in [0.1, 0.15) is 29.7 Å². The van der Waals surface area contributed by atoms with Gasteiger partial charge in [-0.3, -0.25) is 4.79 Å². The summed E-state index contributed by atoms with van der Waals surface area (Å²) in [5.41, 5.74) is 2.12. The van der Waals surface area contributed by atoms with Gasteiger partial charge in [0.25, 0.3) is 0 Å². The van der Waals surface area contributed by atoms with Crippen LogP contribution in [0.25, 0.3) is 11.3 Å². The average Bonchev–Trinajstić information content (AvgIpc) is 3.38. The average molecular weight is 396 g/mol. The second-order valence-corrected chi connectivity index (χ2v) is 8.78. The van der Waals surface area contributed by atoms with Gasteiger partial charge in [-0.15, -0.1) is 5.10 Å². The van der Waals surface area contributed by atoms with Crippen LogP contribution in [0.4, 0.5) is 0 Å². The fraction of sp³-hybridized carbons (Fsp3) is 0.250. The number of aromatic nitrogens is 3. The fourth-order valence-electron chi connectivity index (χ4n) is 3.37. The first-order chi connectivity index (χ1) is 13.4. The summed E-state index contributed by atoms with van der Waals surface area (Å²) in [7, 11) is -3.66. The van der Waals surface area contributed by atoms with Crippen molar-refractivity contribution in [3.63, 3.8) is 0 Å². The van der Waals surface area contributed by atoms with Gasteiger partial charge in [0, 0.05) is 24.2 Å². The van der Waals surface area contributed by atoms with E-state index in [1.54, 1.807) is 16.8 Å². The molecule has 3 aromatic rings. The first-order valence-corrected chi connectivity index (χ1v) is 10.5. The lowest BCUT2D eigenvalue weighted by Gasteiger charge is -2.17. The zero-order valence-electron chi connectivity index (χ0n) is 15.4. The number of carbonyl (C=O) groups excluding carboxylic acids is 1. The number of rotatable bonds is 5. The van der Waals surface area contributed by atoms with E-state index >= 15 is 0 Å². The minimum atomic E-state index is -3.66. The van der Waals surface area contributed by atoms with Crippen molar-refractivity contribution in [1.29, 1.82) is 0 Å². The molecule has 0 radical (unpaired) electrons.